The normalized spacial score (nSPS) is 12.4. The lowest BCUT2D eigenvalue weighted by atomic mass is 10.1. The Hall–Kier alpha value is -2.93. The molecule has 27 heavy (non-hydrogen) atoms. The van der Waals surface area contributed by atoms with E-state index in [0.717, 1.165) is 33.2 Å². The SMILES string of the molecule is Cc1n[nH]c(C)c1[C@@H](C)N(C)C(=O)c1csc2nc(-c3ccccc3)cn12. The van der Waals surface area contributed by atoms with Crippen LogP contribution in [-0.2, 0) is 0 Å². The number of hydrogen-bond donors (Lipinski definition) is 1. The maximum atomic E-state index is 13.2. The minimum absolute atomic E-state index is 0.0363. The van der Waals surface area contributed by atoms with Gasteiger partial charge in [0.1, 0.15) is 5.69 Å². The number of H-pyrrole nitrogens is 1. The number of carbonyl (C=O) groups excluding carboxylic acids is 1. The first-order chi connectivity index (χ1) is 13.0. The molecular formula is C20H21N5OS. The third-order valence-electron chi connectivity index (χ3n) is 5.00. The topological polar surface area (TPSA) is 66.3 Å². The minimum Gasteiger partial charge on any atom is -0.333 e. The number of thiazole rings is 1. The number of nitrogens with zero attached hydrogens (tertiary/aromatic N) is 4. The molecule has 0 aliphatic carbocycles. The molecule has 0 fully saturated rings. The molecule has 0 aliphatic rings. The highest BCUT2D eigenvalue weighted by molar-refractivity contribution is 7.15. The van der Waals surface area contributed by atoms with E-state index in [1.165, 1.54) is 11.3 Å². The van der Waals surface area contributed by atoms with Crippen LogP contribution < -0.4 is 0 Å². The van der Waals surface area contributed by atoms with Gasteiger partial charge in [-0.3, -0.25) is 14.3 Å². The molecule has 138 valence electrons. The summed E-state index contributed by atoms with van der Waals surface area (Å²) in [5.74, 6) is -0.0363. The van der Waals surface area contributed by atoms with Gasteiger partial charge in [0, 0.05) is 35.4 Å². The molecular weight excluding hydrogens is 358 g/mol. The van der Waals surface area contributed by atoms with E-state index in [1.54, 1.807) is 4.90 Å². The van der Waals surface area contributed by atoms with E-state index < -0.39 is 0 Å². The maximum Gasteiger partial charge on any atom is 0.271 e. The fourth-order valence-corrected chi connectivity index (χ4v) is 4.26. The first-order valence-electron chi connectivity index (χ1n) is 8.78. The Balaban J connectivity index is 1.67. The van der Waals surface area contributed by atoms with E-state index in [-0.39, 0.29) is 11.9 Å². The van der Waals surface area contributed by atoms with Gasteiger partial charge < -0.3 is 4.90 Å². The quantitative estimate of drug-likeness (QED) is 0.577. The molecule has 3 heterocycles. The average Bonchev–Trinajstić information content (AvgIpc) is 3.35. The smallest absolute Gasteiger partial charge is 0.271 e. The number of aryl methyl sites for hydroxylation is 2. The predicted octanol–water partition coefficient (Wildman–Crippen LogP) is 4.24. The van der Waals surface area contributed by atoms with Crippen LogP contribution in [0.25, 0.3) is 16.2 Å². The van der Waals surface area contributed by atoms with Crippen molar-refractivity contribution < 1.29 is 4.79 Å². The number of aromatic amines is 1. The number of nitrogens with one attached hydrogen (secondary N) is 1. The van der Waals surface area contributed by atoms with Crippen LogP contribution in [0.2, 0.25) is 0 Å². The van der Waals surface area contributed by atoms with E-state index in [1.807, 2.05) is 74.1 Å². The number of hydrogen-bond acceptors (Lipinski definition) is 4. The molecule has 0 radical (unpaired) electrons. The van der Waals surface area contributed by atoms with E-state index in [0.29, 0.717) is 5.69 Å². The molecule has 1 aromatic carbocycles. The van der Waals surface area contributed by atoms with Gasteiger partial charge in [0.05, 0.1) is 17.4 Å². The molecule has 0 spiro atoms. The highest BCUT2D eigenvalue weighted by Crippen LogP contribution is 2.28. The van der Waals surface area contributed by atoms with Gasteiger partial charge in [0.2, 0.25) is 0 Å². The van der Waals surface area contributed by atoms with Crippen LogP contribution in [0.3, 0.4) is 0 Å². The van der Waals surface area contributed by atoms with Crippen molar-refractivity contribution >= 4 is 22.2 Å². The Labute approximate surface area is 161 Å². The first kappa shape index (κ1) is 17.5. The molecule has 4 rings (SSSR count). The predicted molar refractivity (Wildman–Crippen MR) is 107 cm³/mol. The monoisotopic (exact) mass is 379 g/mol. The zero-order valence-electron chi connectivity index (χ0n) is 15.7. The Kier molecular flexibility index (Phi) is 4.31. The van der Waals surface area contributed by atoms with Crippen LogP contribution >= 0.6 is 11.3 Å². The number of rotatable bonds is 4. The second-order valence-corrected chi connectivity index (χ2v) is 7.54. The molecule has 1 N–H and O–H groups in total. The Morgan fingerprint density at radius 2 is 2.00 bits per heavy atom. The molecule has 7 heteroatoms. The fourth-order valence-electron chi connectivity index (χ4n) is 3.41. The van der Waals surface area contributed by atoms with E-state index in [2.05, 4.69) is 15.2 Å². The number of aromatic nitrogens is 4. The number of imidazole rings is 1. The lowest BCUT2D eigenvalue weighted by Gasteiger charge is -2.25. The zero-order chi connectivity index (χ0) is 19.1. The lowest BCUT2D eigenvalue weighted by molar-refractivity contribution is 0.0735. The zero-order valence-corrected chi connectivity index (χ0v) is 16.5. The molecule has 6 nitrogen and oxygen atoms in total. The molecule has 3 aromatic heterocycles. The molecule has 1 amide bonds. The molecule has 0 saturated heterocycles. The third-order valence-corrected chi connectivity index (χ3v) is 5.84. The second kappa shape index (κ2) is 6.66. The average molecular weight is 379 g/mol. The summed E-state index contributed by atoms with van der Waals surface area (Å²) < 4.78 is 1.88. The Bertz CT molecular complexity index is 1090. The summed E-state index contributed by atoms with van der Waals surface area (Å²) in [7, 11) is 1.83. The van der Waals surface area contributed by atoms with Gasteiger partial charge >= 0.3 is 0 Å². The van der Waals surface area contributed by atoms with Gasteiger partial charge in [-0.25, -0.2) is 4.98 Å². The van der Waals surface area contributed by atoms with Gasteiger partial charge in [-0.2, -0.15) is 5.10 Å². The highest BCUT2D eigenvalue weighted by atomic mass is 32.1. The standard InChI is InChI=1S/C20H21N5OS/c1-12-18(13(2)23-22-12)14(3)24(4)19(26)17-11-27-20-21-16(10-25(17)20)15-8-6-5-7-9-15/h5-11,14H,1-4H3,(H,22,23)/t14-/m1/s1. The van der Waals surface area contributed by atoms with Crippen LogP contribution in [-0.4, -0.2) is 37.4 Å². The first-order valence-corrected chi connectivity index (χ1v) is 9.66. The molecule has 0 saturated carbocycles. The van der Waals surface area contributed by atoms with Crippen molar-refractivity contribution in [3.63, 3.8) is 0 Å². The van der Waals surface area contributed by atoms with Crippen molar-refractivity contribution in [2.75, 3.05) is 7.05 Å². The van der Waals surface area contributed by atoms with Crippen molar-refractivity contribution in [1.29, 1.82) is 0 Å². The van der Waals surface area contributed by atoms with E-state index in [9.17, 15) is 4.79 Å². The maximum absolute atomic E-state index is 13.2. The van der Waals surface area contributed by atoms with Crippen LogP contribution in [0.1, 0.15) is 40.4 Å². The molecule has 4 aromatic rings. The number of fused-ring (bicyclic) bond motifs is 1. The number of amides is 1. The van der Waals surface area contributed by atoms with E-state index in [4.69, 9.17) is 0 Å². The van der Waals surface area contributed by atoms with E-state index >= 15 is 0 Å². The Morgan fingerprint density at radius 3 is 2.67 bits per heavy atom. The summed E-state index contributed by atoms with van der Waals surface area (Å²) in [5, 5.41) is 9.12. The number of carbonyl (C=O) groups is 1. The summed E-state index contributed by atoms with van der Waals surface area (Å²) in [5.41, 5.74) is 5.51. The van der Waals surface area contributed by atoms with Crippen molar-refractivity contribution in [3.05, 3.63) is 64.6 Å². The van der Waals surface area contributed by atoms with Gasteiger partial charge in [0.15, 0.2) is 4.96 Å². The summed E-state index contributed by atoms with van der Waals surface area (Å²) in [4.78, 5) is 20.4. The van der Waals surface area contributed by atoms with Crippen LogP contribution in [0.15, 0.2) is 41.9 Å². The molecule has 1 atom stereocenters. The van der Waals surface area contributed by atoms with Gasteiger partial charge in [-0.05, 0) is 20.8 Å². The van der Waals surface area contributed by atoms with Gasteiger partial charge in [0.25, 0.3) is 5.91 Å². The van der Waals surface area contributed by atoms with Crippen molar-refractivity contribution in [3.8, 4) is 11.3 Å². The molecule has 0 aliphatic heterocycles. The number of benzene rings is 1. The van der Waals surface area contributed by atoms with Crippen molar-refractivity contribution in [1.82, 2.24) is 24.5 Å². The van der Waals surface area contributed by atoms with Crippen molar-refractivity contribution in [2.45, 2.75) is 26.8 Å². The molecule has 0 unspecified atom stereocenters. The highest BCUT2D eigenvalue weighted by Gasteiger charge is 2.25. The summed E-state index contributed by atoms with van der Waals surface area (Å²) in [6.45, 7) is 5.96. The Morgan fingerprint density at radius 1 is 1.26 bits per heavy atom. The fraction of sp³-hybridized carbons (Fsp3) is 0.250. The minimum atomic E-state index is -0.0803. The summed E-state index contributed by atoms with van der Waals surface area (Å²) in [6, 6.07) is 9.91. The van der Waals surface area contributed by atoms with Crippen LogP contribution in [0.5, 0.6) is 0 Å². The lowest BCUT2D eigenvalue weighted by Crippen LogP contribution is -2.31. The largest absolute Gasteiger partial charge is 0.333 e. The summed E-state index contributed by atoms with van der Waals surface area (Å²) >= 11 is 1.48. The second-order valence-electron chi connectivity index (χ2n) is 6.71. The third kappa shape index (κ3) is 2.94. The van der Waals surface area contributed by atoms with Crippen LogP contribution in [0.4, 0.5) is 0 Å². The van der Waals surface area contributed by atoms with Gasteiger partial charge in [-0.1, -0.05) is 30.3 Å². The summed E-state index contributed by atoms with van der Waals surface area (Å²) in [6.07, 6.45) is 1.93. The van der Waals surface area contributed by atoms with Gasteiger partial charge in [-0.15, -0.1) is 11.3 Å². The molecule has 0 bridgehead atoms. The van der Waals surface area contributed by atoms with Crippen molar-refractivity contribution in [2.24, 2.45) is 0 Å². The van der Waals surface area contributed by atoms with Crippen LogP contribution in [0, 0.1) is 13.8 Å².